The molecule has 0 saturated heterocycles. The number of hydrogen-bond donors (Lipinski definition) is 2. The molecule has 2 atom stereocenters. The van der Waals surface area contributed by atoms with E-state index in [-0.39, 0.29) is 30.7 Å². The molecule has 0 radical (unpaired) electrons. The maximum Gasteiger partial charge on any atom is 0.330 e. The Morgan fingerprint density at radius 3 is 2.46 bits per heavy atom. The van der Waals surface area contributed by atoms with Crippen molar-refractivity contribution in [2.24, 2.45) is 5.41 Å². The van der Waals surface area contributed by atoms with Crippen molar-refractivity contribution in [3.05, 3.63) is 35.6 Å². The fraction of sp³-hybridized carbons (Fsp3) is 0.556. The number of carbonyl (C=O) groups excluding carboxylic acids is 1. The average Bonchev–Trinajstić information content (AvgIpc) is 2.52. The van der Waals surface area contributed by atoms with Crippen LogP contribution >= 0.6 is 0 Å². The van der Waals surface area contributed by atoms with Crippen molar-refractivity contribution in [2.45, 2.75) is 51.7 Å². The summed E-state index contributed by atoms with van der Waals surface area (Å²) in [6.45, 7) is 5.96. The molecule has 1 saturated carbocycles. The van der Waals surface area contributed by atoms with Crippen LogP contribution in [0.4, 0.5) is 4.39 Å². The van der Waals surface area contributed by atoms with Crippen molar-refractivity contribution >= 4 is 11.9 Å². The van der Waals surface area contributed by atoms with Crippen LogP contribution in [0.25, 0.3) is 0 Å². The number of carboxylic acid groups (broad SMARTS) is 1. The fourth-order valence-corrected chi connectivity index (χ4v) is 3.25. The number of rotatable bonds is 7. The van der Waals surface area contributed by atoms with Gasteiger partial charge in [-0.05, 0) is 31.0 Å². The maximum absolute atomic E-state index is 12.9. The molecule has 0 bridgehead atoms. The molecule has 1 aliphatic rings. The average molecular weight is 337 g/mol. The van der Waals surface area contributed by atoms with Crippen LogP contribution in [-0.4, -0.2) is 35.2 Å². The highest BCUT2D eigenvalue weighted by Gasteiger charge is 2.66. The standard InChI is InChI=1S/C18H24FNO4/c1-4-24-14-11-18(16(22)23,17(14,2)3)20-15(21)10-7-12-5-8-13(19)9-6-12/h5-6,8-9,14H,4,7,10-11H2,1-3H3,(H,20,21)(H,22,23). The number of amides is 1. The first kappa shape index (κ1) is 18.4. The predicted molar refractivity (Wildman–Crippen MR) is 87.0 cm³/mol. The molecule has 2 unspecified atom stereocenters. The summed E-state index contributed by atoms with van der Waals surface area (Å²) in [5, 5.41) is 12.4. The Hall–Kier alpha value is -1.95. The molecular formula is C18H24FNO4. The minimum atomic E-state index is -1.31. The Morgan fingerprint density at radius 1 is 1.33 bits per heavy atom. The predicted octanol–water partition coefficient (Wildman–Crippen LogP) is 2.53. The SMILES string of the molecule is CCOC1CC(NC(=O)CCc2ccc(F)cc2)(C(=O)O)C1(C)C. The lowest BCUT2D eigenvalue weighted by atomic mass is 9.54. The number of aryl methyl sites for hydroxylation is 1. The van der Waals surface area contributed by atoms with E-state index in [2.05, 4.69) is 5.32 Å². The first-order chi connectivity index (χ1) is 11.2. The highest BCUT2D eigenvalue weighted by atomic mass is 19.1. The molecule has 0 aliphatic heterocycles. The molecule has 0 heterocycles. The zero-order valence-electron chi connectivity index (χ0n) is 14.3. The van der Waals surface area contributed by atoms with Gasteiger partial charge in [0.25, 0.3) is 0 Å². The number of benzene rings is 1. The summed E-state index contributed by atoms with van der Waals surface area (Å²) in [6.07, 6.45) is 0.634. The Labute approximate surface area is 141 Å². The van der Waals surface area contributed by atoms with E-state index in [1.807, 2.05) is 6.92 Å². The van der Waals surface area contributed by atoms with Crippen LogP contribution in [0.3, 0.4) is 0 Å². The number of aliphatic carboxylic acids is 1. The Morgan fingerprint density at radius 2 is 1.96 bits per heavy atom. The minimum Gasteiger partial charge on any atom is -0.479 e. The highest BCUT2D eigenvalue weighted by molar-refractivity contribution is 5.89. The normalized spacial score (nSPS) is 24.9. The van der Waals surface area contributed by atoms with Gasteiger partial charge in [-0.1, -0.05) is 26.0 Å². The molecule has 1 amide bonds. The van der Waals surface area contributed by atoms with Crippen LogP contribution in [0.5, 0.6) is 0 Å². The van der Waals surface area contributed by atoms with Crippen molar-refractivity contribution in [3.63, 3.8) is 0 Å². The second kappa shape index (κ2) is 6.89. The smallest absolute Gasteiger partial charge is 0.330 e. The highest BCUT2D eigenvalue weighted by Crippen LogP contribution is 2.51. The zero-order valence-corrected chi connectivity index (χ0v) is 14.3. The van der Waals surface area contributed by atoms with Gasteiger partial charge in [0.05, 0.1) is 6.10 Å². The largest absolute Gasteiger partial charge is 0.479 e. The van der Waals surface area contributed by atoms with E-state index < -0.39 is 16.9 Å². The van der Waals surface area contributed by atoms with E-state index in [0.717, 1.165) is 5.56 Å². The molecule has 1 aromatic carbocycles. The van der Waals surface area contributed by atoms with Crippen molar-refractivity contribution in [3.8, 4) is 0 Å². The lowest BCUT2D eigenvalue weighted by Gasteiger charge is -2.58. The topological polar surface area (TPSA) is 75.6 Å². The molecule has 2 N–H and O–H groups in total. The Bertz CT molecular complexity index is 614. The second-order valence-corrected chi connectivity index (χ2v) is 6.75. The summed E-state index contributed by atoms with van der Waals surface area (Å²) in [6, 6.07) is 5.92. The van der Waals surface area contributed by atoms with E-state index in [9.17, 15) is 19.1 Å². The van der Waals surface area contributed by atoms with Crippen molar-refractivity contribution in [2.75, 3.05) is 6.61 Å². The van der Waals surface area contributed by atoms with Gasteiger partial charge >= 0.3 is 5.97 Å². The number of nitrogens with one attached hydrogen (secondary N) is 1. The molecule has 5 nitrogen and oxygen atoms in total. The zero-order chi connectivity index (χ0) is 18.0. The van der Waals surface area contributed by atoms with Gasteiger partial charge in [0.15, 0.2) is 0 Å². The van der Waals surface area contributed by atoms with E-state index in [1.54, 1.807) is 26.0 Å². The monoisotopic (exact) mass is 337 g/mol. The fourth-order valence-electron chi connectivity index (χ4n) is 3.25. The van der Waals surface area contributed by atoms with Gasteiger partial charge in [0, 0.05) is 24.9 Å². The molecule has 24 heavy (non-hydrogen) atoms. The summed E-state index contributed by atoms with van der Waals surface area (Å²) < 4.78 is 18.4. The first-order valence-electron chi connectivity index (χ1n) is 8.13. The molecule has 1 fully saturated rings. The third-order valence-electron chi connectivity index (χ3n) is 5.04. The third-order valence-corrected chi connectivity index (χ3v) is 5.04. The molecular weight excluding hydrogens is 313 g/mol. The van der Waals surface area contributed by atoms with Crippen LogP contribution in [-0.2, 0) is 20.7 Å². The number of carbonyl (C=O) groups is 2. The van der Waals surface area contributed by atoms with Crippen molar-refractivity contribution < 1.29 is 23.8 Å². The lowest BCUT2D eigenvalue weighted by molar-refractivity contribution is -0.194. The van der Waals surface area contributed by atoms with E-state index in [1.165, 1.54) is 12.1 Å². The van der Waals surface area contributed by atoms with Gasteiger partial charge in [0.2, 0.25) is 5.91 Å². The van der Waals surface area contributed by atoms with Gasteiger partial charge < -0.3 is 15.2 Å². The Kier molecular flexibility index (Phi) is 5.28. The number of halogens is 1. The van der Waals surface area contributed by atoms with E-state index >= 15 is 0 Å². The summed E-state index contributed by atoms with van der Waals surface area (Å²) in [5.74, 6) is -1.70. The minimum absolute atomic E-state index is 0.149. The summed E-state index contributed by atoms with van der Waals surface area (Å²) >= 11 is 0. The van der Waals surface area contributed by atoms with Crippen LogP contribution < -0.4 is 5.32 Å². The van der Waals surface area contributed by atoms with E-state index in [0.29, 0.717) is 13.0 Å². The molecule has 0 aromatic heterocycles. The Balaban J connectivity index is 2.00. The number of carboxylic acids is 1. The van der Waals surface area contributed by atoms with Crippen LogP contribution in [0, 0.1) is 11.2 Å². The quantitative estimate of drug-likeness (QED) is 0.802. The lowest BCUT2D eigenvalue weighted by Crippen LogP contribution is -2.76. The van der Waals surface area contributed by atoms with Crippen molar-refractivity contribution in [1.29, 1.82) is 0 Å². The molecule has 2 rings (SSSR count). The van der Waals surface area contributed by atoms with Gasteiger partial charge in [-0.2, -0.15) is 0 Å². The van der Waals surface area contributed by atoms with Crippen LogP contribution in [0.15, 0.2) is 24.3 Å². The number of hydrogen-bond acceptors (Lipinski definition) is 3. The maximum atomic E-state index is 12.9. The summed E-state index contributed by atoms with van der Waals surface area (Å²) in [7, 11) is 0. The third kappa shape index (κ3) is 3.29. The van der Waals surface area contributed by atoms with Gasteiger partial charge in [0.1, 0.15) is 11.4 Å². The first-order valence-corrected chi connectivity index (χ1v) is 8.13. The van der Waals surface area contributed by atoms with E-state index in [4.69, 9.17) is 4.74 Å². The second-order valence-electron chi connectivity index (χ2n) is 6.75. The molecule has 0 spiro atoms. The molecule has 1 aromatic rings. The molecule has 132 valence electrons. The summed E-state index contributed by atoms with van der Waals surface area (Å²) in [5.41, 5.74) is -1.18. The van der Waals surface area contributed by atoms with Gasteiger partial charge in [-0.15, -0.1) is 0 Å². The van der Waals surface area contributed by atoms with Crippen LogP contribution in [0.1, 0.15) is 39.2 Å². The number of ether oxygens (including phenoxy) is 1. The summed E-state index contributed by atoms with van der Waals surface area (Å²) in [4.78, 5) is 24.1. The van der Waals surface area contributed by atoms with Gasteiger partial charge in [-0.3, -0.25) is 4.79 Å². The van der Waals surface area contributed by atoms with Gasteiger partial charge in [-0.25, -0.2) is 9.18 Å². The van der Waals surface area contributed by atoms with Crippen LogP contribution in [0.2, 0.25) is 0 Å². The van der Waals surface area contributed by atoms with Crippen molar-refractivity contribution in [1.82, 2.24) is 5.32 Å². The molecule has 6 heteroatoms. The molecule has 1 aliphatic carbocycles.